The van der Waals surface area contributed by atoms with Gasteiger partial charge in [-0.05, 0) is 37.0 Å². The first kappa shape index (κ1) is 21.8. The highest BCUT2D eigenvalue weighted by Gasteiger charge is 2.36. The van der Waals surface area contributed by atoms with Crippen LogP contribution in [0.4, 0.5) is 26.3 Å². The third kappa shape index (κ3) is 4.18. The zero-order valence-electron chi connectivity index (χ0n) is 16.5. The molecule has 1 atom stereocenters. The molecule has 0 fully saturated rings. The van der Waals surface area contributed by atoms with Crippen molar-refractivity contribution in [1.29, 1.82) is 0 Å². The van der Waals surface area contributed by atoms with Gasteiger partial charge in [-0.15, -0.1) is 0 Å². The summed E-state index contributed by atoms with van der Waals surface area (Å²) in [6, 6.07) is 2.28. The van der Waals surface area contributed by atoms with Crippen LogP contribution in [-0.4, -0.2) is 30.5 Å². The quantitative estimate of drug-likeness (QED) is 0.605. The number of nitrogens with one attached hydrogen (secondary N) is 1. The summed E-state index contributed by atoms with van der Waals surface area (Å²) in [5.41, 5.74) is -1.19. The molecule has 170 valence electrons. The van der Waals surface area contributed by atoms with Gasteiger partial charge in [0.1, 0.15) is 11.4 Å². The van der Waals surface area contributed by atoms with Crippen molar-refractivity contribution in [2.24, 2.45) is 7.05 Å². The van der Waals surface area contributed by atoms with E-state index in [0.29, 0.717) is 31.0 Å². The lowest BCUT2D eigenvalue weighted by atomic mass is 9.93. The Bertz CT molecular complexity index is 1160. The number of aromatic nitrogens is 5. The van der Waals surface area contributed by atoms with Gasteiger partial charge in [0.2, 0.25) is 0 Å². The van der Waals surface area contributed by atoms with Crippen LogP contribution in [0.2, 0.25) is 0 Å². The van der Waals surface area contributed by atoms with E-state index in [9.17, 15) is 31.1 Å². The molecule has 32 heavy (non-hydrogen) atoms. The van der Waals surface area contributed by atoms with Gasteiger partial charge >= 0.3 is 12.4 Å². The summed E-state index contributed by atoms with van der Waals surface area (Å²) in [6.45, 7) is 0. The smallest absolute Gasteiger partial charge is 0.342 e. The minimum absolute atomic E-state index is 0.147. The molecule has 13 heteroatoms. The summed E-state index contributed by atoms with van der Waals surface area (Å²) < 4.78 is 79.6. The van der Waals surface area contributed by atoms with Crippen molar-refractivity contribution in [2.45, 2.75) is 37.7 Å². The fourth-order valence-corrected chi connectivity index (χ4v) is 3.58. The molecule has 0 aromatic carbocycles. The highest BCUT2D eigenvalue weighted by atomic mass is 19.4. The van der Waals surface area contributed by atoms with Gasteiger partial charge in [0, 0.05) is 25.5 Å². The molecule has 4 rings (SSSR count). The molecule has 0 saturated heterocycles. The maximum atomic E-state index is 13.0. The van der Waals surface area contributed by atoms with Gasteiger partial charge in [-0.2, -0.15) is 36.5 Å². The molecule has 3 aromatic heterocycles. The maximum Gasteiger partial charge on any atom is 0.435 e. The van der Waals surface area contributed by atoms with Crippen molar-refractivity contribution in [2.75, 3.05) is 0 Å². The molecule has 1 N–H and O–H groups in total. The molecule has 0 bridgehead atoms. The van der Waals surface area contributed by atoms with Gasteiger partial charge in [-0.3, -0.25) is 14.5 Å². The van der Waals surface area contributed by atoms with Crippen LogP contribution in [0.5, 0.6) is 0 Å². The average molecular weight is 458 g/mol. The third-order valence-electron chi connectivity index (χ3n) is 5.10. The SMILES string of the molecule is Cn1nc(C(F)(F)F)cc1C(=O)N[C@H]1CCCc2cn(-c3ccnc(C(F)(F)F)c3)nc21. The number of amides is 1. The minimum atomic E-state index is -4.69. The lowest BCUT2D eigenvalue weighted by Gasteiger charge is -2.22. The molecule has 7 nitrogen and oxygen atoms in total. The fourth-order valence-electron chi connectivity index (χ4n) is 3.58. The normalized spacial score (nSPS) is 16.7. The summed E-state index contributed by atoms with van der Waals surface area (Å²) in [5.74, 6) is -0.758. The molecular formula is C19H16F6N6O. The van der Waals surface area contributed by atoms with Gasteiger partial charge in [-0.1, -0.05) is 0 Å². The van der Waals surface area contributed by atoms with Crippen LogP contribution in [0.15, 0.2) is 30.6 Å². The van der Waals surface area contributed by atoms with Crippen LogP contribution in [0.25, 0.3) is 5.69 Å². The van der Waals surface area contributed by atoms with E-state index >= 15 is 0 Å². The first-order valence-electron chi connectivity index (χ1n) is 9.47. The maximum absolute atomic E-state index is 13.0. The monoisotopic (exact) mass is 458 g/mol. The Morgan fingerprint density at radius 1 is 1.09 bits per heavy atom. The van der Waals surface area contributed by atoms with Crippen LogP contribution in [-0.2, 0) is 25.8 Å². The van der Waals surface area contributed by atoms with Gasteiger partial charge < -0.3 is 5.32 Å². The second-order valence-corrected chi connectivity index (χ2v) is 7.34. The first-order valence-corrected chi connectivity index (χ1v) is 9.47. The zero-order valence-corrected chi connectivity index (χ0v) is 16.5. The number of carbonyl (C=O) groups is 1. The van der Waals surface area contributed by atoms with E-state index < -0.39 is 35.7 Å². The van der Waals surface area contributed by atoms with Crippen molar-refractivity contribution in [3.05, 3.63) is 58.9 Å². The highest BCUT2D eigenvalue weighted by Crippen LogP contribution is 2.32. The largest absolute Gasteiger partial charge is 0.435 e. The number of hydrogen-bond donors (Lipinski definition) is 1. The molecule has 1 amide bonds. The lowest BCUT2D eigenvalue weighted by molar-refractivity contribution is -0.142. The first-order chi connectivity index (χ1) is 14.9. The number of rotatable bonds is 3. The van der Waals surface area contributed by atoms with Crippen LogP contribution in [0, 0.1) is 0 Å². The molecule has 3 aromatic rings. The zero-order chi connectivity index (χ0) is 23.3. The molecule has 0 unspecified atom stereocenters. The van der Waals surface area contributed by atoms with E-state index in [-0.39, 0.29) is 11.4 Å². The molecular weight excluding hydrogens is 442 g/mol. The Labute approximate surface area is 177 Å². The molecule has 0 aliphatic heterocycles. The third-order valence-corrected chi connectivity index (χ3v) is 5.10. The standard InChI is InChI=1S/C19H16F6N6O/c1-30-13(8-15(28-30)19(23,24)25)17(32)27-12-4-2-3-10-9-31(29-16(10)12)11-5-6-26-14(7-11)18(20,21)22/h5-9,12H,2-4H2,1H3,(H,27,32)/t12-/m0/s1. The number of fused-ring (bicyclic) bond motifs is 1. The van der Waals surface area contributed by atoms with E-state index in [1.165, 1.54) is 17.8 Å². The van der Waals surface area contributed by atoms with Crippen LogP contribution >= 0.6 is 0 Å². The average Bonchev–Trinajstić information content (AvgIpc) is 3.32. The van der Waals surface area contributed by atoms with Crippen molar-refractivity contribution in [3.8, 4) is 5.69 Å². The second kappa shape index (κ2) is 7.64. The summed E-state index contributed by atoms with van der Waals surface area (Å²) >= 11 is 0. The van der Waals surface area contributed by atoms with Crippen molar-refractivity contribution < 1.29 is 31.1 Å². The number of halogens is 6. The summed E-state index contributed by atoms with van der Waals surface area (Å²) in [6.07, 6.45) is -4.96. The molecule has 3 heterocycles. The number of nitrogens with zero attached hydrogens (tertiary/aromatic N) is 5. The number of alkyl halides is 6. The Balaban J connectivity index is 1.60. The fraction of sp³-hybridized carbons (Fsp3) is 0.368. The number of carbonyl (C=O) groups excluding carboxylic acids is 1. The van der Waals surface area contributed by atoms with Gasteiger partial charge in [0.25, 0.3) is 5.91 Å². The predicted molar refractivity (Wildman–Crippen MR) is 97.7 cm³/mol. The Morgan fingerprint density at radius 2 is 1.81 bits per heavy atom. The van der Waals surface area contributed by atoms with Gasteiger partial charge in [0.05, 0.1) is 17.4 Å². The Morgan fingerprint density at radius 3 is 2.47 bits per heavy atom. The van der Waals surface area contributed by atoms with E-state index in [4.69, 9.17) is 0 Å². The molecule has 0 spiro atoms. The van der Waals surface area contributed by atoms with Crippen molar-refractivity contribution >= 4 is 5.91 Å². The molecule has 1 aliphatic rings. The summed E-state index contributed by atoms with van der Waals surface area (Å²) in [4.78, 5) is 15.9. The minimum Gasteiger partial charge on any atom is -0.342 e. The predicted octanol–water partition coefficient (Wildman–Crippen LogP) is 3.85. The summed E-state index contributed by atoms with van der Waals surface area (Å²) in [7, 11) is 1.23. The number of aryl methyl sites for hydroxylation is 2. The van der Waals surface area contributed by atoms with E-state index in [2.05, 4.69) is 20.5 Å². The van der Waals surface area contributed by atoms with E-state index in [1.54, 1.807) is 6.20 Å². The number of hydrogen-bond acceptors (Lipinski definition) is 4. The number of pyridine rings is 1. The summed E-state index contributed by atoms with van der Waals surface area (Å²) in [5, 5.41) is 10.3. The van der Waals surface area contributed by atoms with Gasteiger partial charge in [0.15, 0.2) is 5.69 Å². The highest BCUT2D eigenvalue weighted by molar-refractivity contribution is 5.93. The molecule has 1 aliphatic carbocycles. The molecule has 0 radical (unpaired) electrons. The van der Waals surface area contributed by atoms with Crippen molar-refractivity contribution in [3.63, 3.8) is 0 Å². The van der Waals surface area contributed by atoms with E-state index in [1.807, 2.05) is 0 Å². The second-order valence-electron chi connectivity index (χ2n) is 7.34. The lowest BCUT2D eigenvalue weighted by Crippen LogP contribution is -2.32. The van der Waals surface area contributed by atoms with Gasteiger partial charge in [-0.25, -0.2) is 4.68 Å². The Hall–Kier alpha value is -3.38. The van der Waals surface area contributed by atoms with Crippen LogP contribution < -0.4 is 5.32 Å². The van der Waals surface area contributed by atoms with Crippen LogP contribution in [0.3, 0.4) is 0 Å². The van der Waals surface area contributed by atoms with Crippen LogP contribution in [0.1, 0.15) is 52.0 Å². The Kier molecular flexibility index (Phi) is 5.21. The molecule has 0 saturated carbocycles. The topological polar surface area (TPSA) is 77.6 Å². The van der Waals surface area contributed by atoms with E-state index in [0.717, 1.165) is 22.5 Å². The van der Waals surface area contributed by atoms with Crippen molar-refractivity contribution in [1.82, 2.24) is 29.9 Å².